The molecule has 0 spiro atoms. The Balaban J connectivity index is 2.11. The van der Waals surface area contributed by atoms with E-state index < -0.39 is 27.8 Å². The van der Waals surface area contributed by atoms with Crippen LogP contribution in [0.25, 0.3) is 0 Å². The Labute approximate surface area is 186 Å². The molecule has 0 aromatic heterocycles. The van der Waals surface area contributed by atoms with Gasteiger partial charge in [-0.3, -0.25) is 4.79 Å². The summed E-state index contributed by atoms with van der Waals surface area (Å²) in [6, 6.07) is 12.0. The number of sulfonamides is 1. The molecule has 0 heterocycles. The van der Waals surface area contributed by atoms with Crippen molar-refractivity contribution in [1.29, 1.82) is 0 Å². The van der Waals surface area contributed by atoms with E-state index in [-0.39, 0.29) is 15.8 Å². The Kier molecular flexibility index (Phi) is 9.61. The van der Waals surface area contributed by atoms with E-state index in [1.165, 1.54) is 11.8 Å². The molecule has 2 unspecified atom stereocenters. The summed E-state index contributed by atoms with van der Waals surface area (Å²) in [5, 5.41) is 2.58. The molecule has 2 atom stereocenters. The highest BCUT2D eigenvalue weighted by atomic mass is 35.5. The monoisotopic (exact) mass is 472 g/mol. The molecular formula is C21H26ClFN2O3S2. The van der Waals surface area contributed by atoms with E-state index >= 15 is 0 Å². The van der Waals surface area contributed by atoms with Crippen molar-refractivity contribution >= 4 is 39.3 Å². The fourth-order valence-corrected chi connectivity index (χ4v) is 4.92. The molecule has 5 nitrogen and oxygen atoms in total. The highest BCUT2D eigenvalue weighted by Gasteiger charge is 2.26. The van der Waals surface area contributed by atoms with Crippen LogP contribution in [0, 0.1) is 5.82 Å². The Morgan fingerprint density at radius 2 is 1.90 bits per heavy atom. The molecule has 2 aromatic rings. The van der Waals surface area contributed by atoms with Crippen LogP contribution in [0.3, 0.4) is 0 Å². The van der Waals surface area contributed by atoms with Gasteiger partial charge in [0.2, 0.25) is 15.9 Å². The third kappa shape index (κ3) is 6.97. The van der Waals surface area contributed by atoms with Crippen molar-refractivity contribution in [2.45, 2.75) is 36.6 Å². The van der Waals surface area contributed by atoms with Crippen LogP contribution in [0.5, 0.6) is 0 Å². The van der Waals surface area contributed by atoms with E-state index in [0.717, 1.165) is 30.2 Å². The SMILES string of the molecule is CCC(CNC(=O)C(CCSC)NS(=O)(=O)c1ccc(F)c(Cl)c1)c1ccccc1. The van der Waals surface area contributed by atoms with Gasteiger partial charge in [-0.15, -0.1) is 0 Å². The summed E-state index contributed by atoms with van der Waals surface area (Å²) < 4.78 is 41.2. The summed E-state index contributed by atoms with van der Waals surface area (Å²) in [6.45, 7) is 2.44. The number of thioether (sulfide) groups is 1. The van der Waals surface area contributed by atoms with Crippen molar-refractivity contribution in [2.75, 3.05) is 18.6 Å². The zero-order valence-corrected chi connectivity index (χ0v) is 19.3. The summed E-state index contributed by atoms with van der Waals surface area (Å²) in [5.74, 6) is -0.376. The minimum absolute atomic E-state index is 0.129. The predicted molar refractivity (Wildman–Crippen MR) is 121 cm³/mol. The quantitative estimate of drug-likeness (QED) is 0.514. The van der Waals surface area contributed by atoms with Crippen molar-refractivity contribution in [1.82, 2.24) is 10.0 Å². The van der Waals surface area contributed by atoms with Crippen molar-refractivity contribution in [2.24, 2.45) is 0 Å². The molecule has 0 fully saturated rings. The molecule has 30 heavy (non-hydrogen) atoms. The summed E-state index contributed by atoms with van der Waals surface area (Å²) in [6.07, 6.45) is 3.04. The Morgan fingerprint density at radius 3 is 2.50 bits per heavy atom. The first-order valence-corrected chi connectivity index (χ1v) is 12.8. The van der Waals surface area contributed by atoms with E-state index in [2.05, 4.69) is 10.0 Å². The summed E-state index contributed by atoms with van der Waals surface area (Å²) in [4.78, 5) is 12.6. The average molecular weight is 473 g/mol. The maximum Gasteiger partial charge on any atom is 0.241 e. The van der Waals surface area contributed by atoms with Gasteiger partial charge in [-0.05, 0) is 48.6 Å². The minimum atomic E-state index is -4.04. The molecule has 164 valence electrons. The molecular weight excluding hydrogens is 447 g/mol. The van der Waals surface area contributed by atoms with E-state index in [9.17, 15) is 17.6 Å². The van der Waals surface area contributed by atoms with Gasteiger partial charge in [0, 0.05) is 12.5 Å². The molecule has 0 bridgehead atoms. The van der Waals surface area contributed by atoms with Gasteiger partial charge in [0.25, 0.3) is 0 Å². The zero-order chi connectivity index (χ0) is 22.1. The second kappa shape index (κ2) is 11.7. The van der Waals surface area contributed by atoms with Crippen LogP contribution in [-0.4, -0.2) is 38.9 Å². The van der Waals surface area contributed by atoms with Crippen LogP contribution in [0.2, 0.25) is 5.02 Å². The van der Waals surface area contributed by atoms with Crippen molar-refractivity contribution in [3.05, 3.63) is 64.9 Å². The van der Waals surface area contributed by atoms with Crippen LogP contribution in [0.15, 0.2) is 53.4 Å². The van der Waals surface area contributed by atoms with Crippen LogP contribution in [-0.2, 0) is 14.8 Å². The van der Waals surface area contributed by atoms with E-state index in [1.54, 1.807) is 0 Å². The number of hydrogen-bond acceptors (Lipinski definition) is 4. The highest BCUT2D eigenvalue weighted by Crippen LogP contribution is 2.21. The third-order valence-electron chi connectivity index (χ3n) is 4.71. The number of carbonyl (C=O) groups excluding carboxylic acids is 1. The first-order chi connectivity index (χ1) is 14.3. The van der Waals surface area contributed by atoms with E-state index in [4.69, 9.17) is 11.6 Å². The van der Waals surface area contributed by atoms with Crippen LogP contribution in [0.1, 0.15) is 31.2 Å². The first-order valence-electron chi connectivity index (χ1n) is 9.57. The molecule has 9 heteroatoms. The van der Waals surface area contributed by atoms with Gasteiger partial charge in [0.15, 0.2) is 0 Å². The maximum atomic E-state index is 13.4. The molecule has 0 radical (unpaired) electrons. The third-order valence-corrected chi connectivity index (χ3v) is 7.12. The van der Waals surface area contributed by atoms with Crippen molar-refractivity contribution in [3.63, 3.8) is 0 Å². The number of carbonyl (C=O) groups is 1. The molecule has 0 saturated heterocycles. The molecule has 0 aliphatic carbocycles. The lowest BCUT2D eigenvalue weighted by molar-refractivity contribution is -0.122. The average Bonchev–Trinajstić information content (AvgIpc) is 2.74. The number of benzene rings is 2. The van der Waals surface area contributed by atoms with Gasteiger partial charge in [-0.2, -0.15) is 16.5 Å². The van der Waals surface area contributed by atoms with Crippen LogP contribution >= 0.6 is 23.4 Å². The largest absolute Gasteiger partial charge is 0.354 e. The first kappa shape index (κ1) is 24.7. The lowest BCUT2D eigenvalue weighted by Crippen LogP contribution is -2.47. The maximum absolute atomic E-state index is 13.4. The van der Waals surface area contributed by atoms with Gasteiger partial charge in [-0.25, -0.2) is 12.8 Å². The van der Waals surface area contributed by atoms with Gasteiger partial charge >= 0.3 is 0 Å². The smallest absolute Gasteiger partial charge is 0.241 e. The summed E-state index contributed by atoms with van der Waals surface area (Å²) in [7, 11) is -4.04. The molecule has 2 N–H and O–H groups in total. The fraction of sp³-hybridized carbons (Fsp3) is 0.381. The number of halogens is 2. The van der Waals surface area contributed by atoms with Gasteiger partial charge < -0.3 is 5.32 Å². The molecule has 0 saturated carbocycles. The summed E-state index contributed by atoms with van der Waals surface area (Å²) >= 11 is 7.23. The number of nitrogens with one attached hydrogen (secondary N) is 2. The van der Waals surface area contributed by atoms with Gasteiger partial charge in [-0.1, -0.05) is 48.9 Å². The van der Waals surface area contributed by atoms with Crippen LogP contribution < -0.4 is 10.0 Å². The normalized spacial score (nSPS) is 13.6. The highest BCUT2D eigenvalue weighted by molar-refractivity contribution is 7.98. The number of hydrogen-bond donors (Lipinski definition) is 2. The lowest BCUT2D eigenvalue weighted by Gasteiger charge is -2.21. The molecule has 0 aliphatic rings. The van der Waals surface area contributed by atoms with Crippen molar-refractivity contribution < 1.29 is 17.6 Å². The van der Waals surface area contributed by atoms with E-state index in [1.807, 2.05) is 43.5 Å². The van der Waals surface area contributed by atoms with Gasteiger partial charge in [0.05, 0.1) is 9.92 Å². The Hall–Kier alpha value is -1.61. The zero-order valence-electron chi connectivity index (χ0n) is 16.9. The van der Waals surface area contributed by atoms with Crippen LogP contribution in [0.4, 0.5) is 4.39 Å². The fourth-order valence-electron chi connectivity index (χ4n) is 2.95. The Bertz CT molecular complexity index is 943. The predicted octanol–water partition coefficient (Wildman–Crippen LogP) is 4.19. The standard InChI is InChI=1S/C21H26ClFN2O3S2/c1-3-15(16-7-5-4-6-8-16)14-24-21(26)20(11-12-29-2)25-30(27,28)17-9-10-19(23)18(22)13-17/h4-10,13,15,20,25H,3,11-12,14H2,1-2H3,(H,24,26). The topological polar surface area (TPSA) is 75.3 Å². The van der Waals surface area contributed by atoms with E-state index in [0.29, 0.717) is 18.7 Å². The van der Waals surface area contributed by atoms with Gasteiger partial charge in [0.1, 0.15) is 11.9 Å². The molecule has 2 rings (SSSR count). The summed E-state index contributed by atoms with van der Waals surface area (Å²) in [5.41, 5.74) is 1.11. The number of rotatable bonds is 11. The second-order valence-electron chi connectivity index (χ2n) is 6.79. The Morgan fingerprint density at radius 1 is 1.20 bits per heavy atom. The minimum Gasteiger partial charge on any atom is -0.354 e. The second-order valence-corrected chi connectivity index (χ2v) is 9.90. The lowest BCUT2D eigenvalue weighted by atomic mass is 9.96. The van der Waals surface area contributed by atoms with Crippen molar-refractivity contribution in [3.8, 4) is 0 Å². The molecule has 2 aromatic carbocycles. The number of amides is 1. The molecule has 0 aliphatic heterocycles. The molecule has 1 amide bonds.